The Morgan fingerprint density at radius 3 is 2.79 bits per heavy atom. The molecule has 3 rings (SSSR count). The molecule has 2 aliphatic heterocycles. The first kappa shape index (κ1) is 12.9. The van der Waals surface area contributed by atoms with Crippen molar-refractivity contribution >= 4 is 5.95 Å². The number of rotatable bonds is 4. The Morgan fingerprint density at radius 2 is 2.05 bits per heavy atom. The fraction of sp³-hybridized carbons (Fsp3) is 0.857. The first-order chi connectivity index (χ1) is 9.42. The molecule has 0 radical (unpaired) electrons. The van der Waals surface area contributed by atoms with Crippen molar-refractivity contribution in [3.8, 4) is 0 Å². The maximum absolute atomic E-state index is 5.40. The normalized spacial score (nSPS) is 24.6. The summed E-state index contributed by atoms with van der Waals surface area (Å²) in [5.74, 6) is 2.40. The van der Waals surface area contributed by atoms with E-state index in [0.717, 1.165) is 56.8 Å². The third-order valence-corrected chi connectivity index (χ3v) is 4.28. The van der Waals surface area contributed by atoms with Crippen molar-refractivity contribution in [2.75, 3.05) is 31.1 Å². The summed E-state index contributed by atoms with van der Waals surface area (Å²) < 4.78 is 5.40. The van der Waals surface area contributed by atoms with Crippen molar-refractivity contribution in [2.24, 2.45) is 5.92 Å². The van der Waals surface area contributed by atoms with E-state index >= 15 is 0 Å². The average molecular weight is 264 g/mol. The number of aryl methyl sites for hydroxylation is 1. The smallest absolute Gasteiger partial charge is 0.266 e. The molecule has 3 heterocycles. The van der Waals surface area contributed by atoms with Crippen LogP contribution in [0.3, 0.4) is 0 Å². The van der Waals surface area contributed by atoms with E-state index in [1.165, 1.54) is 32.1 Å². The van der Waals surface area contributed by atoms with E-state index in [2.05, 4.69) is 20.4 Å². The van der Waals surface area contributed by atoms with Gasteiger partial charge in [0.05, 0.1) is 0 Å². The molecule has 2 saturated heterocycles. The summed E-state index contributed by atoms with van der Waals surface area (Å²) in [4.78, 5) is 6.84. The molecule has 2 aliphatic rings. The Morgan fingerprint density at radius 1 is 1.21 bits per heavy atom. The molecule has 0 saturated carbocycles. The van der Waals surface area contributed by atoms with Gasteiger partial charge in [-0.05, 0) is 49.8 Å². The van der Waals surface area contributed by atoms with Crippen LogP contribution in [-0.4, -0.2) is 36.3 Å². The van der Waals surface area contributed by atoms with Crippen LogP contribution in [0.4, 0.5) is 5.95 Å². The number of hydrogen-bond donors (Lipinski definition) is 1. The zero-order chi connectivity index (χ0) is 12.9. The van der Waals surface area contributed by atoms with Crippen LogP contribution in [0.25, 0.3) is 0 Å². The molecule has 5 heteroatoms. The topological polar surface area (TPSA) is 54.2 Å². The summed E-state index contributed by atoms with van der Waals surface area (Å²) in [5.41, 5.74) is 0. The van der Waals surface area contributed by atoms with Gasteiger partial charge >= 0.3 is 0 Å². The summed E-state index contributed by atoms with van der Waals surface area (Å²) in [5, 5.41) is 7.55. The maximum Gasteiger partial charge on any atom is 0.266 e. The molecule has 1 aromatic heterocycles. The van der Waals surface area contributed by atoms with Gasteiger partial charge in [0.1, 0.15) is 0 Å². The maximum atomic E-state index is 5.40. The van der Waals surface area contributed by atoms with Crippen LogP contribution >= 0.6 is 0 Å². The van der Waals surface area contributed by atoms with Crippen LogP contribution < -0.4 is 10.2 Å². The molecular weight excluding hydrogens is 240 g/mol. The molecule has 106 valence electrons. The predicted octanol–water partition coefficient (Wildman–Crippen LogP) is 1.99. The van der Waals surface area contributed by atoms with Gasteiger partial charge in [-0.2, -0.15) is 4.98 Å². The van der Waals surface area contributed by atoms with Crippen molar-refractivity contribution in [2.45, 2.75) is 44.9 Å². The van der Waals surface area contributed by atoms with Crippen molar-refractivity contribution in [1.82, 2.24) is 15.5 Å². The Kier molecular flexibility index (Phi) is 4.33. The summed E-state index contributed by atoms with van der Waals surface area (Å²) in [7, 11) is 0. The number of nitrogens with zero attached hydrogens (tertiary/aromatic N) is 3. The number of anilines is 1. The Hall–Kier alpha value is -1.10. The minimum atomic E-state index is 0.786. The molecule has 1 N–H and O–H groups in total. The summed E-state index contributed by atoms with van der Waals surface area (Å²) in [6.45, 7) is 4.46. The van der Waals surface area contributed by atoms with E-state index in [-0.39, 0.29) is 0 Å². The first-order valence-corrected chi connectivity index (χ1v) is 7.70. The molecule has 1 atom stereocenters. The van der Waals surface area contributed by atoms with Crippen LogP contribution in [0, 0.1) is 5.92 Å². The molecule has 1 aromatic rings. The number of hydrogen-bond acceptors (Lipinski definition) is 5. The van der Waals surface area contributed by atoms with Gasteiger partial charge < -0.3 is 14.7 Å². The van der Waals surface area contributed by atoms with Gasteiger partial charge in [-0.15, -0.1) is 0 Å². The van der Waals surface area contributed by atoms with Gasteiger partial charge in [-0.25, -0.2) is 0 Å². The quantitative estimate of drug-likeness (QED) is 0.901. The zero-order valence-electron chi connectivity index (χ0n) is 11.6. The lowest BCUT2D eigenvalue weighted by atomic mass is 10.0. The molecule has 1 unspecified atom stereocenters. The van der Waals surface area contributed by atoms with Gasteiger partial charge in [-0.1, -0.05) is 12.8 Å². The van der Waals surface area contributed by atoms with E-state index in [0.29, 0.717) is 0 Å². The monoisotopic (exact) mass is 264 g/mol. The highest BCUT2D eigenvalue weighted by atomic mass is 16.5. The highest BCUT2D eigenvalue weighted by Gasteiger charge is 2.18. The van der Waals surface area contributed by atoms with Crippen molar-refractivity contribution in [1.29, 1.82) is 0 Å². The van der Waals surface area contributed by atoms with Gasteiger partial charge in [0.2, 0.25) is 5.89 Å². The lowest BCUT2D eigenvalue weighted by Crippen LogP contribution is -2.24. The average Bonchev–Trinajstić information content (AvgIpc) is 3.03. The van der Waals surface area contributed by atoms with E-state index < -0.39 is 0 Å². The Labute approximate surface area is 114 Å². The van der Waals surface area contributed by atoms with Crippen molar-refractivity contribution in [3.63, 3.8) is 0 Å². The second-order valence-electron chi connectivity index (χ2n) is 5.79. The lowest BCUT2D eigenvalue weighted by Gasteiger charge is -2.16. The molecule has 0 amide bonds. The van der Waals surface area contributed by atoms with E-state index in [1.807, 2.05) is 0 Å². The van der Waals surface area contributed by atoms with E-state index in [9.17, 15) is 0 Å². The highest BCUT2D eigenvalue weighted by molar-refractivity contribution is 5.27. The van der Waals surface area contributed by atoms with Crippen molar-refractivity contribution in [3.05, 3.63) is 5.89 Å². The molecule has 2 fully saturated rings. The van der Waals surface area contributed by atoms with Crippen LogP contribution in [0.2, 0.25) is 0 Å². The van der Waals surface area contributed by atoms with Crippen LogP contribution in [0.15, 0.2) is 4.52 Å². The van der Waals surface area contributed by atoms with Crippen LogP contribution in [0.1, 0.15) is 44.4 Å². The standard InChI is InChI=1S/C14H24N4O/c1-2-4-10-18(9-3-1)14-16-13(19-17-14)6-5-12-7-8-15-11-12/h12,15H,1-11H2. The lowest BCUT2D eigenvalue weighted by molar-refractivity contribution is 0.364. The molecular formula is C14H24N4O. The molecule has 19 heavy (non-hydrogen) atoms. The molecule has 5 nitrogen and oxygen atoms in total. The third-order valence-electron chi connectivity index (χ3n) is 4.28. The minimum Gasteiger partial charge on any atom is -0.338 e. The molecule has 0 aromatic carbocycles. The summed E-state index contributed by atoms with van der Waals surface area (Å²) in [6, 6.07) is 0. The second kappa shape index (κ2) is 6.37. The highest BCUT2D eigenvalue weighted by Crippen LogP contribution is 2.19. The minimum absolute atomic E-state index is 0.786. The van der Waals surface area contributed by atoms with Crippen LogP contribution in [0.5, 0.6) is 0 Å². The van der Waals surface area contributed by atoms with Gasteiger partial charge in [0.25, 0.3) is 5.95 Å². The molecule has 0 spiro atoms. The van der Waals surface area contributed by atoms with Crippen LogP contribution in [-0.2, 0) is 6.42 Å². The largest absolute Gasteiger partial charge is 0.338 e. The van der Waals surface area contributed by atoms with Gasteiger partial charge in [0, 0.05) is 19.5 Å². The van der Waals surface area contributed by atoms with Gasteiger partial charge in [-0.3, -0.25) is 0 Å². The Balaban J connectivity index is 1.52. The van der Waals surface area contributed by atoms with Gasteiger partial charge in [0.15, 0.2) is 0 Å². The second-order valence-corrected chi connectivity index (χ2v) is 5.79. The predicted molar refractivity (Wildman–Crippen MR) is 74.3 cm³/mol. The Bertz CT molecular complexity index is 379. The summed E-state index contributed by atoms with van der Waals surface area (Å²) >= 11 is 0. The van der Waals surface area contributed by atoms with E-state index in [1.54, 1.807) is 0 Å². The number of aromatic nitrogens is 2. The molecule has 0 bridgehead atoms. The third kappa shape index (κ3) is 3.47. The fourth-order valence-electron chi connectivity index (χ4n) is 3.03. The SMILES string of the molecule is C1CCCN(c2noc(CCC3CCNC3)n2)CC1. The molecule has 0 aliphatic carbocycles. The number of nitrogens with one attached hydrogen (secondary N) is 1. The first-order valence-electron chi connectivity index (χ1n) is 7.70. The zero-order valence-corrected chi connectivity index (χ0v) is 11.6. The van der Waals surface area contributed by atoms with E-state index in [4.69, 9.17) is 4.52 Å². The summed E-state index contributed by atoms with van der Waals surface area (Å²) in [6.07, 6.45) is 8.52. The fourth-order valence-corrected chi connectivity index (χ4v) is 3.03. The van der Waals surface area contributed by atoms with Crippen molar-refractivity contribution < 1.29 is 4.52 Å².